The molecular formula is C14H16N2. The molecule has 2 N–H and O–H groups in total. The third-order valence-corrected chi connectivity index (χ3v) is 3.58. The monoisotopic (exact) mass is 212 g/mol. The summed E-state index contributed by atoms with van der Waals surface area (Å²) in [6, 6.07) is 11.0. The zero-order chi connectivity index (χ0) is 11.0. The van der Waals surface area contributed by atoms with Crippen molar-refractivity contribution in [1.82, 2.24) is 4.98 Å². The number of hydrogen-bond donors (Lipinski definition) is 1. The first-order valence-electron chi connectivity index (χ1n) is 5.94. The van der Waals surface area contributed by atoms with E-state index in [1.54, 1.807) is 0 Å². The lowest BCUT2D eigenvalue weighted by molar-refractivity contribution is 0.676. The molecule has 16 heavy (non-hydrogen) atoms. The summed E-state index contributed by atoms with van der Waals surface area (Å²) in [5.41, 5.74) is 8.52. The number of nitrogens with two attached hydrogens (primary N) is 1. The molecule has 2 nitrogen and oxygen atoms in total. The van der Waals surface area contributed by atoms with Crippen LogP contribution in [0.1, 0.15) is 30.7 Å². The maximum absolute atomic E-state index is 5.99. The standard InChI is InChI=1S/C14H16N2/c15-12-7-6-11(9-12)13-5-1-3-10-4-2-8-16-14(10)13/h1-5,8,11-12H,6-7,9,15H2. The van der Waals surface area contributed by atoms with E-state index in [4.69, 9.17) is 5.73 Å². The van der Waals surface area contributed by atoms with Crippen LogP contribution < -0.4 is 5.73 Å². The first-order chi connectivity index (χ1) is 7.84. The van der Waals surface area contributed by atoms with Gasteiger partial charge in [-0.15, -0.1) is 0 Å². The van der Waals surface area contributed by atoms with Gasteiger partial charge in [0.25, 0.3) is 0 Å². The number of hydrogen-bond acceptors (Lipinski definition) is 2. The molecule has 3 rings (SSSR count). The van der Waals surface area contributed by atoms with Crippen LogP contribution in [0.25, 0.3) is 10.9 Å². The fraction of sp³-hybridized carbons (Fsp3) is 0.357. The number of nitrogens with zero attached hydrogens (tertiary/aromatic N) is 1. The molecule has 0 radical (unpaired) electrons. The van der Waals surface area contributed by atoms with Crippen molar-refractivity contribution in [3.63, 3.8) is 0 Å². The molecule has 1 aromatic heterocycles. The summed E-state index contributed by atoms with van der Waals surface area (Å²) in [4.78, 5) is 4.51. The van der Waals surface area contributed by atoms with Crippen LogP contribution in [0.15, 0.2) is 36.5 Å². The highest BCUT2D eigenvalue weighted by Gasteiger charge is 2.24. The zero-order valence-electron chi connectivity index (χ0n) is 9.26. The number of para-hydroxylation sites is 1. The summed E-state index contributed by atoms with van der Waals surface area (Å²) in [5.74, 6) is 0.605. The van der Waals surface area contributed by atoms with E-state index < -0.39 is 0 Å². The molecule has 82 valence electrons. The van der Waals surface area contributed by atoms with Crippen molar-refractivity contribution >= 4 is 10.9 Å². The second kappa shape index (κ2) is 3.87. The van der Waals surface area contributed by atoms with Gasteiger partial charge in [0.2, 0.25) is 0 Å². The van der Waals surface area contributed by atoms with E-state index in [0.717, 1.165) is 18.4 Å². The van der Waals surface area contributed by atoms with E-state index in [1.807, 2.05) is 12.3 Å². The second-order valence-electron chi connectivity index (χ2n) is 4.69. The molecule has 1 aliphatic carbocycles. The van der Waals surface area contributed by atoms with E-state index >= 15 is 0 Å². The van der Waals surface area contributed by atoms with Crippen molar-refractivity contribution in [1.29, 1.82) is 0 Å². The van der Waals surface area contributed by atoms with Gasteiger partial charge in [0, 0.05) is 17.6 Å². The van der Waals surface area contributed by atoms with Crippen LogP contribution in [-0.4, -0.2) is 11.0 Å². The van der Waals surface area contributed by atoms with Gasteiger partial charge in [-0.25, -0.2) is 0 Å². The van der Waals surface area contributed by atoms with E-state index in [1.165, 1.54) is 17.4 Å². The highest BCUT2D eigenvalue weighted by Crippen LogP contribution is 2.36. The summed E-state index contributed by atoms with van der Waals surface area (Å²) in [5, 5.41) is 1.24. The Morgan fingerprint density at radius 2 is 2.00 bits per heavy atom. The number of fused-ring (bicyclic) bond motifs is 1. The van der Waals surface area contributed by atoms with Crippen LogP contribution in [0.2, 0.25) is 0 Å². The average molecular weight is 212 g/mol. The highest BCUT2D eigenvalue weighted by atomic mass is 14.7. The molecule has 2 atom stereocenters. The molecule has 0 amide bonds. The third kappa shape index (κ3) is 1.59. The van der Waals surface area contributed by atoms with Gasteiger partial charge in [0.05, 0.1) is 5.52 Å². The zero-order valence-corrected chi connectivity index (χ0v) is 9.26. The Labute approximate surface area is 95.5 Å². The molecule has 1 aliphatic rings. The van der Waals surface area contributed by atoms with Crippen LogP contribution in [0.4, 0.5) is 0 Å². The fourth-order valence-corrected chi connectivity index (χ4v) is 2.76. The van der Waals surface area contributed by atoms with Crippen molar-refractivity contribution in [3.8, 4) is 0 Å². The van der Waals surface area contributed by atoms with Crippen LogP contribution in [0, 0.1) is 0 Å². The van der Waals surface area contributed by atoms with E-state index in [9.17, 15) is 0 Å². The molecule has 1 aromatic carbocycles. The number of rotatable bonds is 1. The maximum Gasteiger partial charge on any atom is 0.0736 e. The molecule has 0 saturated heterocycles. The van der Waals surface area contributed by atoms with Crippen molar-refractivity contribution in [2.75, 3.05) is 0 Å². The predicted molar refractivity (Wildman–Crippen MR) is 66.3 cm³/mol. The van der Waals surface area contributed by atoms with Gasteiger partial charge in [-0.05, 0) is 36.8 Å². The summed E-state index contributed by atoms with van der Waals surface area (Å²) < 4.78 is 0. The largest absolute Gasteiger partial charge is 0.328 e. The van der Waals surface area contributed by atoms with Crippen LogP contribution in [0.3, 0.4) is 0 Å². The molecule has 1 saturated carbocycles. The molecule has 2 unspecified atom stereocenters. The van der Waals surface area contributed by atoms with Crippen molar-refractivity contribution < 1.29 is 0 Å². The van der Waals surface area contributed by atoms with Crippen LogP contribution in [-0.2, 0) is 0 Å². The lowest BCUT2D eigenvalue weighted by Crippen LogP contribution is -2.14. The summed E-state index contributed by atoms with van der Waals surface area (Å²) in [6.45, 7) is 0. The lowest BCUT2D eigenvalue weighted by atomic mass is 9.95. The molecule has 2 aromatic rings. The minimum atomic E-state index is 0.379. The Morgan fingerprint density at radius 1 is 1.12 bits per heavy atom. The van der Waals surface area contributed by atoms with Gasteiger partial charge in [-0.1, -0.05) is 24.3 Å². The Hall–Kier alpha value is -1.41. The highest BCUT2D eigenvalue weighted by molar-refractivity contribution is 5.82. The first-order valence-corrected chi connectivity index (χ1v) is 5.94. The van der Waals surface area contributed by atoms with Crippen LogP contribution in [0.5, 0.6) is 0 Å². The molecular weight excluding hydrogens is 196 g/mol. The predicted octanol–water partition coefficient (Wildman–Crippen LogP) is 2.83. The van der Waals surface area contributed by atoms with Crippen LogP contribution >= 0.6 is 0 Å². The number of pyridine rings is 1. The van der Waals surface area contributed by atoms with Crippen molar-refractivity contribution in [2.24, 2.45) is 5.73 Å². The van der Waals surface area contributed by atoms with Gasteiger partial charge >= 0.3 is 0 Å². The van der Waals surface area contributed by atoms with Crippen molar-refractivity contribution in [2.45, 2.75) is 31.2 Å². The topological polar surface area (TPSA) is 38.9 Å². The SMILES string of the molecule is NC1CCC(c2cccc3cccnc23)C1. The minimum Gasteiger partial charge on any atom is -0.328 e. The van der Waals surface area contributed by atoms with Gasteiger partial charge in [-0.2, -0.15) is 0 Å². The van der Waals surface area contributed by atoms with Gasteiger partial charge in [0.1, 0.15) is 0 Å². The van der Waals surface area contributed by atoms with Crippen molar-refractivity contribution in [3.05, 3.63) is 42.1 Å². The Balaban J connectivity index is 2.09. The van der Waals surface area contributed by atoms with E-state index in [0.29, 0.717) is 12.0 Å². The Kier molecular flexibility index (Phi) is 2.37. The number of benzene rings is 1. The van der Waals surface area contributed by atoms with Gasteiger partial charge in [0.15, 0.2) is 0 Å². The fourth-order valence-electron chi connectivity index (χ4n) is 2.76. The third-order valence-electron chi connectivity index (χ3n) is 3.58. The lowest BCUT2D eigenvalue weighted by Gasteiger charge is -2.12. The summed E-state index contributed by atoms with van der Waals surface area (Å²) >= 11 is 0. The molecule has 0 spiro atoms. The first kappa shape index (κ1) is 9.79. The Morgan fingerprint density at radius 3 is 2.81 bits per heavy atom. The average Bonchev–Trinajstić information content (AvgIpc) is 2.75. The smallest absolute Gasteiger partial charge is 0.0736 e. The molecule has 0 bridgehead atoms. The summed E-state index contributed by atoms with van der Waals surface area (Å²) in [6.07, 6.45) is 5.33. The normalized spacial score (nSPS) is 25.1. The molecule has 0 aliphatic heterocycles. The van der Waals surface area contributed by atoms with Gasteiger partial charge < -0.3 is 5.73 Å². The molecule has 1 heterocycles. The minimum absolute atomic E-state index is 0.379. The molecule has 1 fully saturated rings. The maximum atomic E-state index is 5.99. The van der Waals surface area contributed by atoms with E-state index in [2.05, 4.69) is 29.2 Å². The van der Waals surface area contributed by atoms with Gasteiger partial charge in [-0.3, -0.25) is 4.98 Å². The summed E-state index contributed by atoms with van der Waals surface area (Å²) in [7, 11) is 0. The second-order valence-corrected chi connectivity index (χ2v) is 4.69. The Bertz CT molecular complexity index is 502. The quantitative estimate of drug-likeness (QED) is 0.789. The molecule has 2 heteroatoms. The number of aromatic nitrogens is 1. The van der Waals surface area contributed by atoms with E-state index in [-0.39, 0.29) is 0 Å².